The number of aromatic nitrogens is 1. The van der Waals surface area contributed by atoms with Crippen molar-refractivity contribution in [1.82, 2.24) is 4.98 Å². The molecule has 0 atom stereocenters. The molecule has 1 aromatic heterocycles. The molecule has 3 rings (SSSR count). The Morgan fingerprint density at radius 2 is 1.92 bits per heavy atom. The number of carbonyl (C=O) groups excluding carboxylic acids is 1. The van der Waals surface area contributed by atoms with E-state index in [0.717, 1.165) is 22.7 Å². The van der Waals surface area contributed by atoms with Crippen LogP contribution in [0.4, 0.5) is 5.69 Å². The molecule has 0 radical (unpaired) electrons. The van der Waals surface area contributed by atoms with Gasteiger partial charge in [-0.05, 0) is 24.1 Å². The van der Waals surface area contributed by atoms with Gasteiger partial charge in [-0.3, -0.25) is 4.79 Å². The van der Waals surface area contributed by atoms with Crippen LogP contribution in [0.2, 0.25) is 10.0 Å². The second-order valence-electron chi connectivity index (χ2n) is 5.52. The number of carbonyl (C=O) groups is 1. The van der Waals surface area contributed by atoms with Gasteiger partial charge >= 0.3 is 0 Å². The predicted molar refractivity (Wildman–Crippen MR) is 106 cm³/mol. The zero-order chi connectivity index (χ0) is 17.8. The molecule has 0 saturated heterocycles. The molecule has 0 aliphatic rings. The van der Waals surface area contributed by atoms with Crippen molar-refractivity contribution in [1.29, 1.82) is 0 Å². The van der Waals surface area contributed by atoms with Crippen molar-refractivity contribution < 1.29 is 4.79 Å². The van der Waals surface area contributed by atoms with Gasteiger partial charge in [-0.15, -0.1) is 11.3 Å². The summed E-state index contributed by atoms with van der Waals surface area (Å²) in [6, 6.07) is 13.5. The van der Waals surface area contributed by atoms with E-state index >= 15 is 0 Å². The summed E-state index contributed by atoms with van der Waals surface area (Å²) < 4.78 is 0. The van der Waals surface area contributed by atoms with Crippen LogP contribution in [-0.2, 0) is 17.6 Å². The van der Waals surface area contributed by atoms with Gasteiger partial charge in [0.1, 0.15) is 5.01 Å². The first-order valence-electron chi connectivity index (χ1n) is 7.84. The second kappa shape index (κ2) is 8.00. The number of hydrogen-bond acceptors (Lipinski definition) is 3. The summed E-state index contributed by atoms with van der Waals surface area (Å²) in [7, 11) is 0. The number of thiazole rings is 1. The molecule has 0 saturated carbocycles. The predicted octanol–water partition coefficient (Wildman–Crippen LogP) is 5.86. The Labute approximate surface area is 160 Å². The summed E-state index contributed by atoms with van der Waals surface area (Å²) in [6.07, 6.45) is 1.20. The van der Waals surface area contributed by atoms with E-state index in [1.807, 2.05) is 5.38 Å². The third kappa shape index (κ3) is 4.40. The van der Waals surface area contributed by atoms with Gasteiger partial charge in [0.15, 0.2) is 0 Å². The van der Waals surface area contributed by atoms with Gasteiger partial charge < -0.3 is 5.32 Å². The van der Waals surface area contributed by atoms with Gasteiger partial charge in [-0.2, -0.15) is 0 Å². The smallest absolute Gasteiger partial charge is 0.230 e. The van der Waals surface area contributed by atoms with Crippen LogP contribution in [0.25, 0.3) is 10.6 Å². The highest BCUT2D eigenvalue weighted by Gasteiger charge is 2.12. The van der Waals surface area contributed by atoms with Gasteiger partial charge in [0.2, 0.25) is 5.91 Å². The molecule has 0 aliphatic heterocycles. The average molecular weight is 391 g/mol. The zero-order valence-electron chi connectivity index (χ0n) is 13.6. The molecule has 1 amide bonds. The van der Waals surface area contributed by atoms with Crippen LogP contribution in [0, 0.1) is 0 Å². The van der Waals surface area contributed by atoms with E-state index in [9.17, 15) is 4.79 Å². The number of benzene rings is 2. The van der Waals surface area contributed by atoms with Crippen molar-refractivity contribution >= 4 is 46.1 Å². The quantitative estimate of drug-likeness (QED) is 0.592. The van der Waals surface area contributed by atoms with Gasteiger partial charge in [-0.25, -0.2) is 4.98 Å². The van der Waals surface area contributed by atoms with Crippen molar-refractivity contribution in [2.75, 3.05) is 5.32 Å². The maximum Gasteiger partial charge on any atom is 0.230 e. The van der Waals surface area contributed by atoms with Gasteiger partial charge in [-0.1, -0.05) is 60.5 Å². The summed E-state index contributed by atoms with van der Waals surface area (Å²) in [5.74, 6) is -0.178. The Kier molecular flexibility index (Phi) is 5.74. The van der Waals surface area contributed by atoms with E-state index in [-0.39, 0.29) is 12.3 Å². The molecule has 2 aromatic carbocycles. The maximum atomic E-state index is 12.2. The van der Waals surface area contributed by atoms with E-state index in [2.05, 4.69) is 41.5 Å². The molecule has 1 heterocycles. The molecular weight excluding hydrogens is 375 g/mol. The summed E-state index contributed by atoms with van der Waals surface area (Å²) in [5, 5.41) is 6.34. The summed E-state index contributed by atoms with van der Waals surface area (Å²) >= 11 is 13.6. The fraction of sp³-hybridized carbons (Fsp3) is 0.158. The molecule has 0 aliphatic carbocycles. The Morgan fingerprint density at radius 1 is 1.16 bits per heavy atom. The van der Waals surface area contributed by atoms with Gasteiger partial charge in [0.05, 0.1) is 27.8 Å². The number of rotatable bonds is 5. The summed E-state index contributed by atoms with van der Waals surface area (Å²) in [5.41, 5.74) is 3.59. The van der Waals surface area contributed by atoms with Crippen LogP contribution in [0.3, 0.4) is 0 Å². The van der Waals surface area contributed by atoms with Crippen molar-refractivity contribution in [3.63, 3.8) is 0 Å². The molecule has 3 aromatic rings. The van der Waals surface area contributed by atoms with Crippen molar-refractivity contribution in [3.05, 3.63) is 69.1 Å². The van der Waals surface area contributed by atoms with Crippen molar-refractivity contribution in [2.45, 2.75) is 19.8 Å². The number of nitrogens with zero attached hydrogens (tertiary/aromatic N) is 1. The second-order valence-corrected chi connectivity index (χ2v) is 7.16. The Morgan fingerprint density at radius 3 is 2.64 bits per heavy atom. The Balaban J connectivity index is 1.68. The highest BCUT2D eigenvalue weighted by Crippen LogP contribution is 2.30. The lowest BCUT2D eigenvalue weighted by Gasteiger charge is -2.07. The Bertz CT molecular complexity index is 891. The Hall–Kier alpha value is -1.88. The number of aryl methyl sites for hydroxylation is 1. The summed E-state index contributed by atoms with van der Waals surface area (Å²) in [6.45, 7) is 2.13. The van der Waals surface area contributed by atoms with Gasteiger partial charge in [0, 0.05) is 10.9 Å². The lowest BCUT2D eigenvalue weighted by Crippen LogP contribution is -2.14. The highest BCUT2D eigenvalue weighted by atomic mass is 35.5. The first kappa shape index (κ1) is 17.9. The zero-order valence-corrected chi connectivity index (χ0v) is 15.9. The lowest BCUT2D eigenvalue weighted by molar-refractivity contribution is -0.115. The van der Waals surface area contributed by atoms with E-state index in [1.165, 1.54) is 16.9 Å². The minimum absolute atomic E-state index is 0.178. The van der Waals surface area contributed by atoms with E-state index in [4.69, 9.17) is 23.2 Å². The molecule has 0 unspecified atom stereocenters. The molecule has 25 heavy (non-hydrogen) atoms. The first-order valence-corrected chi connectivity index (χ1v) is 9.48. The largest absolute Gasteiger partial charge is 0.324 e. The third-order valence-corrected chi connectivity index (χ3v) is 5.49. The number of hydrogen-bond donors (Lipinski definition) is 1. The first-order chi connectivity index (χ1) is 12.1. The minimum atomic E-state index is -0.178. The fourth-order valence-corrected chi connectivity index (χ4v) is 3.54. The summed E-state index contributed by atoms with van der Waals surface area (Å²) in [4.78, 5) is 16.8. The monoisotopic (exact) mass is 390 g/mol. The molecule has 6 heteroatoms. The molecule has 3 nitrogen and oxygen atoms in total. The normalized spacial score (nSPS) is 10.7. The van der Waals surface area contributed by atoms with Crippen molar-refractivity contribution in [2.24, 2.45) is 0 Å². The minimum Gasteiger partial charge on any atom is -0.324 e. The number of anilines is 1. The molecule has 0 bridgehead atoms. The van der Waals surface area contributed by atoms with Crippen LogP contribution in [0.15, 0.2) is 47.8 Å². The van der Waals surface area contributed by atoms with Crippen LogP contribution in [-0.4, -0.2) is 10.9 Å². The van der Waals surface area contributed by atoms with Crippen LogP contribution in [0.5, 0.6) is 0 Å². The maximum absolute atomic E-state index is 12.2. The van der Waals surface area contributed by atoms with E-state index in [0.29, 0.717) is 15.7 Å². The third-order valence-electron chi connectivity index (χ3n) is 3.73. The number of amides is 1. The molecule has 128 valence electrons. The van der Waals surface area contributed by atoms with Crippen LogP contribution < -0.4 is 5.32 Å². The number of nitrogens with one attached hydrogen (secondary N) is 1. The topological polar surface area (TPSA) is 42.0 Å². The highest BCUT2D eigenvalue weighted by molar-refractivity contribution is 7.13. The van der Waals surface area contributed by atoms with Gasteiger partial charge in [0.25, 0.3) is 0 Å². The van der Waals surface area contributed by atoms with E-state index < -0.39 is 0 Å². The molecule has 1 N–H and O–H groups in total. The lowest BCUT2D eigenvalue weighted by atomic mass is 10.1. The fourth-order valence-electron chi connectivity index (χ4n) is 2.36. The standard InChI is InChI=1S/C19H16Cl2N2OS/c1-2-12-6-8-13(9-7-12)19-22-14(11-25-19)10-17(24)23-16-5-3-4-15(20)18(16)21/h3-9,11H,2,10H2,1H3,(H,23,24). The number of halogens is 2. The SMILES string of the molecule is CCc1ccc(-c2nc(CC(=O)Nc3cccc(Cl)c3Cl)cs2)cc1. The molecule has 0 spiro atoms. The molecule has 0 fully saturated rings. The molecular formula is C19H16Cl2N2OS. The van der Waals surface area contributed by atoms with E-state index in [1.54, 1.807) is 18.2 Å². The van der Waals surface area contributed by atoms with Crippen LogP contribution >= 0.6 is 34.5 Å². The average Bonchev–Trinajstić information content (AvgIpc) is 3.07. The van der Waals surface area contributed by atoms with Crippen molar-refractivity contribution in [3.8, 4) is 10.6 Å². The van der Waals surface area contributed by atoms with Crippen LogP contribution in [0.1, 0.15) is 18.2 Å².